The van der Waals surface area contributed by atoms with Gasteiger partial charge in [-0.1, -0.05) is 20.8 Å². The van der Waals surface area contributed by atoms with Gasteiger partial charge in [-0.2, -0.15) is 0 Å². The molecule has 0 bridgehead atoms. The number of nitrogens with two attached hydrogens (primary N) is 1. The molecule has 0 radical (unpaired) electrons. The molecular weight excluding hydrogens is 226 g/mol. The van der Waals surface area contributed by atoms with Crippen molar-refractivity contribution in [2.45, 2.75) is 34.1 Å². The number of rotatable bonds is 4. The van der Waals surface area contributed by atoms with Crippen LogP contribution in [-0.4, -0.2) is 17.4 Å². The molecule has 1 heterocycles. The second-order valence-corrected chi connectivity index (χ2v) is 5.87. The monoisotopic (exact) mass is 249 g/mol. The van der Waals surface area contributed by atoms with E-state index in [-0.39, 0.29) is 17.2 Å². The summed E-state index contributed by atoms with van der Waals surface area (Å²) in [5.41, 5.74) is 7.44. The molecule has 0 aliphatic heterocycles. The van der Waals surface area contributed by atoms with Crippen molar-refractivity contribution in [2.75, 3.05) is 11.9 Å². The van der Waals surface area contributed by atoms with Crippen LogP contribution < -0.4 is 11.1 Å². The summed E-state index contributed by atoms with van der Waals surface area (Å²) in [7, 11) is 0. The fraction of sp³-hybridized carbons (Fsp3) is 0.571. The number of nitrogens with one attached hydrogen (secondary N) is 1. The molecule has 1 atom stereocenters. The number of carbonyl (C=O) groups excluding carboxylic acids is 1. The Labute approximate surface area is 109 Å². The van der Waals surface area contributed by atoms with Gasteiger partial charge in [-0.25, -0.2) is 0 Å². The number of aryl methyl sites for hydroxylation is 1. The first-order valence-corrected chi connectivity index (χ1v) is 6.25. The first kappa shape index (κ1) is 14.6. The van der Waals surface area contributed by atoms with Gasteiger partial charge >= 0.3 is 0 Å². The lowest BCUT2D eigenvalue weighted by Gasteiger charge is -2.24. The zero-order valence-electron chi connectivity index (χ0n) is 11.7. The zero-order chi connectivity index (χ0) is 13.8. The zero-order valence-corrected chi connectivity index (χ0v) is 11.7. The highest BCUT2D eigenvalue weighted by Gasteiger charge is 2.23. The van der Waals surface area contributed by atoms with E-state index in [2.05, 4.69) is 31.1 Å². The first-order valence-electron chi connectivity index (χ1n) is 6.25. The third-order valence-corrected chi connectivity index (χ3v) is 2.68. The van der Waals surface area contributed by atoms with Gasteiger partial charge in [-0.3, -0.25) is 9.78 Å². The molecule has 1 amide bonds. The fourth-order valence-corrected chi connectivity index (χ4v) is 1.89. The lowest BCUT2D eigenvalue weighted by molar-refractivity contribution is -0.120. The molecule has 100 valence electrons. The van der Waals surface area contributed by atoms with Crippen LogP contribution in [0.15, 0.2) is 18.3 Å². The number of hydrogen-bond acceptors (Lipinski definition) is 3. The van der Waals surface area contributed by atoms with Gasteiger partial charge in [0.25, 0.3) is 0 Å². The molecule has 4 heteroatoms. The van der Waals surface area contributed by atoms with Crippen LogP contribution in [0.2, 0.25) is 0 Å². The summed E-state index contributed by atoms with van der Waals surface area (Å²) < 4.78 is 0. The minimum absolute atomic E-state index is 0.0157. The average Bonchev–Trinajstić information content (AvgIpc) is 2.24. The van der Waals surface area contributed by atoms with Crippen molar-refractivity contribution in [1.82, 2.24) is 4.98 Å². The maximum atomic E-state index is 12.1. The van der Waals surface area contributed by atoms with Gasteiger partial charge in [0.1, 0.15) is 0 Å². The van der Waals surface area contributed by atoms with Crippen molar-refractivity contribution >= 4 is 11.6 Å². The average molecular weight is 249 g/mol. The SMILES string of the molecule is Cc1cc(NC(=O)C(CN)CC(C)(C)C)ccn1. The number of amides is 1. The van der Waals surface area contributed by atoms with Crippen molar-refractivity contribution < 1.29 is 4.79 Å². The van der Waals surface area contributed by atoms with Crippen molar-refractivity contribution in [3.63, 3.8) is 0 Å². The van der Waals surface area contributed by atoms with E-state index in [1.54, 1.807) is 12.3 Å². The number of pyridine rings is 1. The predicted molar refractivity (Wildman–Crippen MR) is 74.2 cm³/mol. The Morgan fingerprint density at radius 3 is 2.67 bits per heavy atom. The van der Waals surface area contributed by atoms with E-state index < -0.39 is 0 Å². The smallest absolute Gasteiger partial charge is 0.228 e. The Bertz CT molecular complexity index is 410. The van der Waals surface area contributed by atoms with Crippen LogP contribution in [0, 0.1) is 18.3 Å². The van der Waals surface area contributed by atoms with Gasteiger partial charge in [0, 0.05) is 24.1 Å². The van der Waals surface area contributed by atoms with Crippen molar-refractivity contribution in [1.29, 1.82) is 0 Å². The minimum Gasteiger partial charge on any atom is -0.330 e. The highest BCUT2D eigenvalue weighted by molar-refractivity contribution is 5.92. The first-order chi connectivity index (χ1) is 8.31. The Morgan fingerprint density at radius 1 is 1.50 bits per heavy atom. The second kappa shape index (κ2) is 5.96. The topological polar surface area (TPSA) is 68.0 Å². The van der Waals surface area contributed by atoms with Crippen LogP contribution in [0.1, 0.15) is 32.9 Å². The molecule has 18 heavy (non-hydrogen) atoms. The highest BCUT2D eigenvalue weighted by atomic mass is 16.1. The molecule has 1 aromatic heterocycles. The number of hydrogen-bond donors (Lipinski definition) is 2. The van der Waals surface area contributed by atoms with Crippen LogP contribution in [0.3, 0.4) is 0 Å². The molecule has 0 aromatic carbocycles. The van der Waals surface area contributed by atoms with E-state index in [0.29, 0.717) is 6.54 Å². The molecule has 0 spiro atoms. The maximum Gasteiger partial charge on any atom is 0.228 e. The van der Waals surface area contributed by atoms with Gasteiger partial charge in [0.05, 0.1) is 5.92 Å². The lowest BCUT2D eigenvalue weighted by atomic mass is 9.84. The summed E-state index contributed by atoms with van der Waals surface area (Å²) >= 11 is 0. The van der Waals surface area contributed by atoms with Crippen molar-refractivity contribution in [2.24, 2.45) is 17.1 Å². The van der Waals surface area contributed by atoms with E-state index >= 15 is 0 Å². The highest BCUT2D eigenvalue weighted by Crippen LogP contribution is 2.24. The summed E-state index contributed by atoms with van der Waals surface area (Å²) in [6.07, 6.45) is 2.46. The molecule has 1 unspecified atom stereocenters. The van der Waals surface area contributed by atoms with Crippen LogP contribution in [0.5, 0.6) is 0 Å². The standard InChI is InChI=1S/C14H23N3O/c1-10-7-12(5-6-16-10)17-13(18)11(9-15)8-14(2,3)4/h5-7,11H,8-9,15H2,1-4H3,(H,16,17,18). The summed E-state index contributed by atoms with van der Waals surface area (Å²) in [5, 5.41) is 2.90. The minimum atomic E-state index is -0.154. The molecule has 1 rings (SSSR count). The van der Waals surface area contributed by atoms with Crippen LogP contribution >= 0.6 is 0 Å². The fourth-order valence-electron chi connectivity index (χ4n) is 1.89. The van der Waals surface area contributed by atoms with Gasteiger partial charge in [-0.15, -0.1) is 0 Å². The van der Waals surface area contributed by atoms with E-state index in [0.717, 1.165) is 17.8 Å². The van der Waals surface area contributed by atoms with E-state index in [1.165, 1.54) is 0 Å². The Hall–Kier alpha value is -1.42. The van der Waals surface area contributed by atoms with E-state index in [4.69, 9.17) is 5.73 Å². The third-order valence-electron chi connectivity index (χ3n) is 2.68. The Balaban J connectivity index is 2.68. The summed E-state index contributed by atoms with van der Waals surface area (Å²) in [5.74, 6) is -0.170. The molecule has 0 fully saturated rings. The van der Waals surface area contributed by atoms with Gasteiger partial charge in [0.15, 0.2) is 0 Å². The maximum absolute atomic E-state index is 12.1. The van der Waals surface area contributed by atoms with Crippen LogP contribution in [-0.2, 0) is 4.79 Å². The number of anilines is 1. The van der Waals surface area contributed by atoms with Crippen molar-refractivity contribution in [3.8, 4) is 0 Å². The van der Waals surface area contributed by atoms with Gasteiger partial charge in [0.2, 0.25) is 5.91 Å². The number of carbonyl (C=O) groups is 1. The summed E-state index contributed by atoms with van der Waals surface area (Å²) in [6.45, 7) is 8.59. The lowest BCUT2D eigenvalue weighted by Crippen LogP contribution is -2.32. The molecule has 3 N–H and O–H groups in total. The quantitative estimate of drug-likeness (QED) is 0.860. The molecule has 0 saturated carbocycles. The molecule has 1 aromatic rings. The molecule has 0 aliphatic rings. The van der Waals surface area contributed by atoms with E-state index in [9.17, 15) is 4.79 Å². The van der Waals surface area contributed by atoms with Crippen LogP contribution in [0.25, 0.3) is 0 Å². The third kappa shape index (κ3) is 4.84. The number of aromatic nitrogens is 1. The Morgan fingerprint density at radius 2 is 2.17 bits per heavy atom. The summed E-state index contributed by atoms with van der Waals surface area (Å²) in [6, 6.07) is 3.64. The number of nitrogens with zero attached hydrogens (tertiary/aromatic N) is 1. The van der Waals surface area contributed by atoms with Gasteiger partial charge in [-0.05, 0) is 30.9 Å². The normalized spacial score (nSPS) is 13.2. The Kier molecular flexibility index (Phi) is 4.84. The largest absolute Gasteiger partial charge is 0.330 e. The van der Waals surface area contributed by atoms with Gasteiger partial charge < -0.3 is 11.1 Å². The predicted octanol–water partition coefficient (Wildman–Crippen LogP) is 2.34. The molecule has 4 nitrogen and oxygen atoms in total. The molecule has 0 saturated heterocycles. The molecular formula is C14H23N3O. The summed E-state index contributed by atoms with van der Waals surface area (Å²) in [4.78, 5) is 16.2. The molecule has 0 aliphatic carbocycles. The van der Waals surface area contributed by atoms with E-state index in [1.807, 2.05) is 13.0 Å². The van der Waals surface area contributed by atoms with Crippen molar-refractivity contribution in [3.05, 3.63) is 24.0 Å². The second-order valence-electron chi connectivity index (χ2n) is 5.87. The van der Waals surface area contributed by atoms with Crippen LogP contribution in [0.4, 0.5) is 5.69 Å².